The van der Waals surface area contributed by atoms with Crippen molar-refractivity contribution in [1.29, 1.82) is 0 Å². The molecule has 0 aliphatic rings. The molecule has 0 aliphatic carbocycles. The molecule has 9 nitrogen and oxygen atoms in total. The Morgan fingerprint density at radius 1 is 1.35 bits per heavy atom. The zero-order valence-corrected chi connectivity index (χ0v) is 8.62. The summed E-state index contributed by atoms with van der Waals surface area (Å²) in [5.41, 5.74) is 2.48. The standard InChI is InChI=1S/C8H9N7O2/c9-14-6-2-10-5(1-11-6)8(16)12-3-7-13-4-17-15-7/h1-2,4H,3,9H2,(H,11,14)(H,12,16). The molecule has 0 fully saturated rings. The van der Waals surface area contributed by atoms with Gasteiger partial charge in [-0.2, -0.15) is 4.98 Å². The van der Waals surface area contributed by atoms with Crippen LogP contribution in [0.1, 0.15) is 16.3 Å². The van der Waals surface area contributed by atoms with Gasteiger partial charge in [-0.25, -0.2) is 15.8 Å². The fourth-order valence-electron chi connectivity index (χ4n) is 1.04. The molecule has 2 heterocycles. The lowest BCUT2D eigenvalue weighted by Crippen LogP contribution is -2.24. The molecule has 0 radical (unpaired) electrons. The van der Waals surface area contributed by atoms with Crippen molar-refractivity contribution >= 4 is 11.7 Å². The van der Waals surface area contributed by atoms with E-state index in [0.29, 0.717) is 11.6 Å². The molecule has 2 rings (SSSR count). The molecule has 0 aliphatic heterocycles. The number of hydrazine groups is 1. The average Bonchev–Trinajstić information content (AvgIpc) is 2.89. The largest absolute Gasteiger partial charge is 0.343 e. The lowest BCUT2D eigenvalue weighted by molar-refractivity contribution is 0.0944. The number of nitrogens with one attached hydrogen (secondary N) is 2. The summed E-state index contributed by atoms with van der Waals surface area (Å²) in [7, 11) is 0. The van der Waals surface area contributed by atoms with Gasteiger partial charge >= 0.3 is 0 Å². The van der Waals surface area contributed by atoms with Gasteiger partial charge in [-0.05, 0) is 0 Å². The first-order valence-electron chi connectivity index (χ1n) is 4.61. The SMILES string of the molecule is NNc1cnc(C(=O)NCc2ncon2)cn1. The van der Waals surface area contributed by atoms with Crippen LogP contribution in [0.4, 0.5) is 5.82 Å². The third-order valence-electron chi connectivity index (χ3n) is 1.85. The summed E-state index contributed by atoms with van der Waals surface area (Å²) >= 11 is 0. The highest BCUT2D eigenvalue weighted by molar-refractivity contribution is 5.91. The van der Waals surface area contributed by atoms with E-state index in [0.717, 1.165) is 0 Å². The van der Waals surface area contributed by atoms with E-state index < -0.39 is 0 Å². The monoisotopic (exact) mass is 235 g/mol. The van der Waals surface area contributed by atoms with Gasteiger partial charge in [-0.1, -0.05) is 5.16 Å². The second kappa shape index (κ2) is 4.99. The van der Waals surface area contributed by atoms with Crippen molar-refractivity contribution in [1.82, 2.24) is 25.4 Å². The van der Waals surface area contributed by atoms with Gasteiger partial charge in [0.2, 0.25) is 6.39 Å². The molecule has 2 aromatic rings. The lowest BCUT2D eigenvalue weighted by atomic mass is 10.4. The number of nitrogens with zero attached hydrogens (tertiary/aromatic N) is 4. The number of amides is 1. The number of nitrogens with two attached hydrogens (primary N) is 1. The van der Waals surface area contributed by atoms with Gasteiger partial charge in [0.15, 0.2) is 11.6 Å². The summed E-state index contributed by atoms with van der Waals surface area (Å²) in [6.07, 6.45) is 3.84. The van der Waals surface area contributed by atoms with Gasteiger partial charge < -0.3 is 15.3 Å². The van der Waals surface area contributed by atoms with Gasteiger partial charge in [0, 0.05) is 0 Å². The van der Waals surface area contributed by atoms with E-state index in [1.165, 1.54) is 18.8 Å². The van der Waals surface area contributed by atoms with Crippen LogP contribution in [0, 0.1) is 0 Å². The number of hydrogen-bond donors (Lipinski definition) is 3. The summed E-state index contributed by atoms with van der Waals surface area (Å²) in [6.45, 7) is 0.161. The Labute approximate surface area is 95.4 Å². The van der Waals surface area contributed by atoms with Crippen LogP contribution >= 0.6 is 0 Å². The summed E-state index contributed by atoms with van der Waals surface area (Å²) in [6, 6.07) is 0. The smallest absolute Gasteiger partial charge is 0.271 e. The van der Waals surface area contributed by atoms with E-state index in [2.05, 4.69) is 35.4 Å². The number of hydrogen-bond acceptors (Lipinski definition) is 8. The Hall–Kier alpha value is -2.55. The molecule has 0 atom stereocenters. The molecular formula is C8H9N7O2. The first kappa shape index (κ1) is 11.0. The molecule has 0 saturated carbocycles. The van der Waals surface area contributed by atoms with Gasteiger partial charge in [-0.3, -0.25) is 4.79 Å². The average molecular weight is 235 g/mol. The van der Waals surface area contributed by atoms with E-state index in [1.54, 1.807) is 0 Å². The highest BCUT2D eigenvalue weighted by atomic mass is 16.5. The molecule has 2 aromatic heterocycles. The first-order chi connectivity index (χ1) is 8.29. The van der Waals surface area contributed by atoms with Gasteiger partial charge in [0.1, 0.15) is 5.69 Å². The second-order valence-corrected chi connectivity index (χ2v) is 2.96. The minimum Gasteiger partial charge on any atom is -0.343 e. The Bertz CT molecular complexity index is 481. The molecule has 4 N–H and O–H groups in total. The first-order valence-corrected chi connectivity index (χ1v) is 4.61. The molecule has 17 heavy (non-hydrogen) atoms. The third kappa shape index (κ3) is 2.72. The van der Waals surface area contributed by atoms with E-state index >= 15 is 0 Å². The highest BCUT2D eigenvalue weighted by Crippen LogP contribution is 1.99. The van der Waals surface area contributed by atoms with E-state index in [1.807, 2.05) is 0 Å². The molecule has 0 unspecified atom stereocenters. The summed E-state index contributed by atoms with van der Waals surface area (Å²) in [5.74, 6) is 5.49. The fourth-order valence-corrected chi connectivity index (χ4v) is 1.04. The number of carbonyl (C=O) groups excluding carboxylic acids is 1. The van der Waals surface area contributed by atoms with Crippen molar-refractivity contribution in [3.8, 4) is 0 Å². The van der Waals surface area contributed by atoms with Crippen LogP contribution in [-0.4, -0.2) is 26.0 Å². The van der Waals surface area contributed by atoms with E-state index in [-0.39, 0.29) is 18.1 Å². The van der Waals surface area contributed by atoms with Gasteiger partial charge in [-0.15, -0.1) is 0 Å². The van der Waals surface area contributed by atoms with Crippen LogP contribution in [0.3, 0.4) is 0 Å². The molecule has 9 heteroatoms. The van der Waals surface area contributed by atoms with Gasteiger partial charge in [0.25, 0.3) is 5.91 Å². The maximum atomic E-state index is 11.6. The maximum absolute atomic E-state index is 11.6. The van der Waals surface area contributed by atoms with Crippen LogP contribution in [0.25, 0.3) is 0 Å². The predicted molar refractivity (Wildman–Crippen MR) is 55.3 cm³/mol. The minimum atomic E-state index is -0.383. The van der Waals surface area contributed by atoms with Crippen molar-refractivity contribution in [2.24, 2.45) is 5.84 Å². The van der Waals surface area contributed by atoms with Crippen LogP contribution in [-0.2, 0) is 6.54 Å². The third-order valence-corrected chi connectivity index (χ3v) is 1.85. The topological polar surface area (TPSA) is 132 Å². The summed E-state index contributed by atoms with van der Waals surface area (Å²) in [5, 5.41) is 6.11. The predicted octanol–water partition coefficient (Wildman–Crippen LogP) is -0.925. The number of anilines is 1. The molecule has 88 valence electrons. The van der Waals surface area contributed by atoms with Crippen LogP contribution in [0.2, 0.25) is 0 Å². The number of carbonyl (C=O) groups is 1. The van der Waals surface area contributed by atoms with Crippen molar-refractivity contribution in [3.63, 3.8) is 0 Å². The molecule has 1 amide bonds. The number of rotatable bonds is 4. The number of aromatic nitrogens is 4. The quantitative estimate of drug-likeness (QED) is 0.457. The summed E-state index contributed by atoms with van der Waals surface area (Å²) in [4.78, 5) is 23.1. The molecule has 0 aromatic carbocycles. The Morgan fingerprint density at radius 2 is 2.24 bits per heavy atom. The van der Waals surface area contributed by atoms with Crippen LogP contribution in [0.15, 0.2) is 23.3 Å². The van der Waals surface area contributed by atoms with Crippen molar-refractivity contribution < 1.29 is 9.32 Å². The van der Waals surface area contributed by atoms with Crippen molar-refractivity contribution in [3.05, 3.63) is 30.3 Å². The Morgan fingerprint density at radius 3 is 2.82 bits per heavy atom. The summed E-state index contributed by atoms with van der Waals surface area (Å²) < 4.78 is 4.52. The lowest BCUT2D eigenvalue weighted by Gasteiger charge is -2.02. The van der Waals surface area contributed by atoms with Crippen molar-refractivity contribution in [2.45, 2.75) is 6.54 Å². The van der Waals surface area contributed by atoms with E-state index in [4.69, 9.17) is 5.84 Å². The zero-order chi connectivity index (χ0) is 12.1. The number of nitrogen functional groups attached to an aromatic ring is 1. The van der Waals surface area contributed by atoms with Crippen LogP contribution in [0.5, 0.6) is 0 Å². The van der Waals surface area contributed by atoms with Crippen LogP contribution < -0.4 is 16.6 Å². The second-order valence-electron chi connectivity index (χ2n) is 2.96. The normalized spacial score (nSPS) is 9.94. The Kier molecular flexibility index (Phi) is 3.21. The molecule has 0 bridgehead atoms. The van der Waals surface area contributed by atoms with E-state index in [9.17, 15) is 4.79 Å². The van der Waals surface area contributed by atoms with Gasteiger partial charge in [0.05, 0.1) is 18.9 Å². The highest BCUT2D eigenvalue weighted by Gasteiger charge is 2.08. The molecular weight excluding hydrogens is 226 g/mol. The minimum absolute atomic E-state index is 0.161. The molecule has 0 spiro atoms. The zero-order valence-electron chi connectivity index (χ0n) is 8.62. The molecule has 0 saturated heterocycles. The maximum Gasteiger partial charge on any atom is 0.271 e. The van der Waals surface area contributed by atoms with Crippen molar-refractivity contribution in [2.75, 3.05) is 5.43 Å². The fraction of sp³-hybridized carbons (Fsp3) is 0.125. The Balaban J connectivity index is 1.95.